The van der Waals surface area contributed by atoms with Gasteiger partial charge in [-0.2, -0.15) is 0 Å². The number of carbonyl (C=O) groups excluding carboxylic acids is 1. The van der Waals surface area contributed by atoms with Gasteiger partial charge in [-0.1, -0.05) is 30.3 Å². The van der Waals surface area contributed by atoms with Gasteiger partial charge in [-0.05, 0) is 12.1 Å². The Morgan fingerprint density at radius 3 is 2.50 bits per heavy atom. The molecule has 5 nitrogen and oxygen atoms in total. The van der Waals surface area contributed by atoms with E-state index in [4.69, 9.17) is 0 Å². The molecular weight excluding hydrogens is 256 g/mol. The van der Waals surface area contributed by atoms with E-state index in [0.29, 0.717) is 5.56 Å². The third-order valence-electron chi connectivity index (χ3n) is 3.18. The standard InChI is InChI=1S/C15H10N2O3/c18-15(11-6-2-4-8-14(11)17(19)20)12-9-16-13-7-3-1-5-10(12)13/h1-9,16H. The quantitative estimate of drug-likeness (QED) is 0.449. The summed E-state index contributed by atoms with van der Waals surface area (Å²) < 4.78 is 0. The summed E-state index contributed by atoms with van der Waals surface area (Å²) in [5.74, 6) is -0.352. The predicted molar refractivity (Wildman–Crippen MR) is 74.8 cm³/mol. The van der Waals surface area contributed by atoms with E-state index >= 15 is 0 Å². The molecule has 0 spiro atoms. The van der Waals surface area contributed by atoms with Crippen molar-refractivity contribution in [2.45, 2.75) is 0 Å². The van der Waals surface area contributed by atoms with Crippen LogP contribution in [0.1, 0.15) is 15.9 Å². The molecule has 0 aliphatic carbocycles. The van der Waals surface area contributed by atoms with Gasteiger partial charge in [0.15, 0.2) is 0 Å². The number of benzene rings is 2. The number of nitrogens with zero attached hydrogens (tertiary/aromatic N) is 1. The molecule has 1 heterocycles. The molecule has 5 heteroatoms. The van der Waals surface area contributed by atoms with Crippen molar-refractivity contribution in [3.05, 3.63) is 76.0 Å². The Kier molecular flexibility index (Phi) is 2.80. The van der Waals surface area contributed by atoms with Crippen molar-refractivity contribution in [1.82, 2.24) is 4.98 Å². The second-order valence-electron chi connectivity index (χ2n) is 4.35. The van der Waals surface area contributed by atoms with E-state index in [0.717, 1.165) is 10.9 Å². The Labute approximate surface area is 114 Å². The molecule has 3 rings (SSSR count). The number of para-hydroxylation sites is 2. The van der Waals surface area contributed by atoms with E-state index in [2.05, 4.69) is 4.98 Å². The van der Waals surface area contributed by atoms with Crippen molar-refractivity contribution in [3.8, 4) is 0 Å². The number of nitro benzene ring substituents is 1. The summed E-state index contributed by atoms with van der Waals surface area (Å²) in [7, 11) is 0. The molecule has 98 valence electrons. The maximum Gasteiger partial charge on any atom is 0.280 e. The van der Waals surface area contributed by atoms with Crippen LogP contribution in [0, 0.1) is 10.1 Å². The van der Waals surface area contributed by atoms with Gasteiger partial charge in [-0.25, -0.2) is 0 Å². The SMILES string of the molecule is O=C(c1ccccc1[N+](=O)[O-])c1c[nH]c2ccccc12. The number of rotatable bonds is 3. The largest absolute Gasteiger partial charge is 0.360 e. The van der Waals surface area contributed by atoms with Crippen molar-refractivity contribution in [3.63, 3.8) is 0 Å². The fourth-order valence-corrected chi connectivity index (χ4v) is 2.23. The molecule has 20 heavy (non-hydrogen) atoms. The van der Waals surface area contributed by atoms with E-state index < -0.39 is 4.92 Å². The number of aromatic amines is 1. The number of ketones is 1. The van der Waals surface area contributed by atoms with Crippen molar-refractivity contribution in [2.75, 3.05) is 0 Å². The zero-order chi connectivity index (χ0) is 14.1. The monoisotopic (exact) mass is 266 g/mol. The highest BCUT2D eigenvalue weighted by atomic mass is 16.6. The third kappa shape index (κ3) is 1.85. The molecule has 0 fully saturated rings. The number of hydrogen-bond acceptors (Lipinski definition) is 3. The first-order chi connectivity index (χ1) is 9.68. The van der Waals surface area contributed by atoms with Gasteiger partial charge in [0.25, 0.3) is 5.69 Å². The Bertz CT molecular complexity index is 821. The summed E-state index contributed by atoms with van der Waals surface area (Å²) in [6, 6.07) is 13.3. The van der Waals surface area contributed by atoms with E-state index in [-0.39, 0.29) is 17.0 Å². The Morgan fingerprint density at radius 1 is 1.00 bits per heavy atom. The van der Waals surface area contributed by atoms with Crippen molar-refractivity contribution in [2.24, 2.45) is 0 Å². The minimum Gasteiger partial charge on any atom is -0.360 e. The lowest BCUT2D eigenvalue weighted by molar-refractivity contribution is -0.385. The average Bonchev–Trinajstić information content (AvgIpc) is 2.90. The van der Waals surface area contributed by atoms with Crippen LogP contribution in [0.5, 0.6) is 0 Å². The molecular formula is C15H10N2O3. The molecule has 3 aromatic rings. The van der Waals surface area contributed by atoms with Crippen LogP contribution in [0.25, 0.3) is 10.9 Å². The van der Waals surface area contributed by atoms with Crippen LogP contribution in [0.15, 0.2) is 54.7 Å². The zero-order valence-electron chi connectivity index (χ0n) is 10.4. The lowest BCUT2D eigenvalue weighted by atomic mass is 10.0. The molecule has 0 saturated carbocycles. The Balaban J connectivity index is 2.16. The maximum absolute atomic E-state index is 12.5. The maximum atomic E-state index is 12.5. The summed E-state index contributed by atoms with van der Waals surface area (Å²) in [6.07, 6.45) is 1.59. The summed E-state index contributed by atoms with van der Waals surface area (Å²) in [5.41, 5.74) is 1.19. The van der Waals surface area contributed by atoms with Crippen LogP contribution in [-0.4, -0.2) is 15.7 Å². The number of nitro groups is 1. The molecule has 2 aromatic carbocycles. The van der Waals surface area contributed by atoms with E-state index in [1.807, 2.05) is 24.3 Å². The highest BCUT2D eigenvalue weighted by Gasteiger charge is 2.22. The fraction of sp³-hybridized carbons (Fsp3) is 0. The fourth-order valence-electron chi connectivity index (χ4n) is 2.23. The van der Waals surface area contributed by atoms with Crippen molar-refractivity contribution >= 4 is 22.4 Å². The molecule has 1 N–H and O–H groups in total. The summed E-state index contributed by atoms with van der Waals surface area (Å²) >= 11 is 0. The molecule has 0 radical (unpaired) electrons. The normalized spacial score (nSPS) is 10.6. The summed E-state index contributed by atoms with van der Waals surface area (Å²) in [4.78, 5) is 26.0. The molecule has 0 unspecified atom stereocenters. The van der Waals surface area contributed by atoms with Gasteiger partial charge in [-0.15, -0.1) is 0 Å². The third-order valence-corrected chi connectivity index (χ3v) is 3.18. The molecule has 0 aliphatic rings. The molecule has 0 saturated heterocycles. The first-order valence-corrected chi connectivity index (χ1v) is 6.02. The van der Waals surface area contributed by atoms with Gasteiger partial charge in [-0.3, -0.25) is 14.9 Å². The number of carbonyl (C=O) groups is 1. The Hall–Kier alpha value is -2.95. The smallest absolute Gasteiger partial charge is 0.280 e. The highest BCUT2D eigenvalue weighted by molar-refractivity contribution is 6.18. The van der Waals surface area contributed by atoms with Crippen LogP contribution >= 0.6 is 0 Å². The summed E-state index contributed by atoms with van der Waals surface area (Å²) in [5, 5.41) is 11.8. The van der Waals surface area contributed by atoms with E-state index in [9.17, 15) is 14.9 Å². The van der Waals surface area contributed by atoms with Crippen LogP contribution in [0.3, 0.4) is 0 Å². The van der Waals surface area contributed by atoms with Crippen molar-refractivity contribution in [1.29, 1.82) is 0 Å². The van der Waals surface area contributed by atoms with E-state index in [1.54, 1.807) is 18.3 Å². The lowest BCUT2D eigenvalue weighted by Crippen LogP contribution is -2.04. The number of fused-ring (bicyclic) bond motifs is 1. The second-order valence-corrected chi connectivity index (χ2v) is 4.35. The van der Waals surface area contributed by atoms with Gasteiger partial charge in [0.1, 0.15) is 5.56 Å². The molecule has 0 bridgehead atoms. The Morgan fingerprint density at radius 2 is 1.70 bits per heavy atom. The number of H-pyrrole nitrogens is 1. The van der Waals surface area contributed by atoms with Crippen LogP contribution in [-0.2, 0) is 0 Å². The first kappa shape index (κ1) is 12.1. The predicted octanol–water partition coefficient (Wildman–Crippen LogP) is 3.31. The zero-order valence-corrected chi connectivity index (χ0v) is 10.4. The minimum absolute atomic E-state index is 0.0993. The van der Waals surface area contributed by atoms with Gasteiger partial charge < -0.3 is 4.98 Å². The van der Waals surface area contributed by atoms with Gasteiger partial charge >= 0.3 is 0 Å². The van der Waals surface area contributed by atoms with Crippen molar-refractivity contribution < 1.29 is 9.72 Å². The van der Waals surface area contributed by atoms with Crippen LogP contribution in [0.2, 0.25) is 0 Å². The minimum atomic E-state index is -0.540. The van der Waals surface area contributed by atoms with Gasteiger partial charge in [0, 0.05) is 28.7 Å². The average molecular weight is 266 g/mol. The highest BCUT2D eigenvalue weighted by Crippen LogP contribution is 2.25. The topological polar surface area (TPSA) is 76.0 Å². The number of aromatic nitrogens is 1. The first-order valence-electron chi connectivity index (χ1n) is 6.02. The summed E-state index contributed by atoms with van der Waals surface area (Å²) in [6.45, 7) is 0. The number of hydrogen-bond donors (Lipinski definition) is 1. The number of nitrogens with one attached hydrogen (secondary N) is 1. The van der Waals surface area contributed by atoms with Crippen LogP contribution < -0.4 is 0 Å². The van der Waals surface area contributed by atoms with Gasteiger partial charge in [0.2, 0.25) is 5.78 Å². The lowest BCUT2D eigenvalue weighted by Gasteiger charge is -2.01. The molecule has 0 amide bonds. The molecule has 0 aliphatic heterocycles. The van der Waals surface area contributed by atoms with Gasteiger partial charge in [0.05, 0.1) is 4.92 Å². The van der Waals surface area contributed by atoms with Crippen LogP contribution in [0.4, 0.5) is 5.69 Å². The second kappa shape index (κ2) is 4.62. The van der Waals surface area contributed by atoms with E-state index in [1.165, 1.54) is 12.1 Å². The molecule has 0 atom stereocenters. The molecule has 1 aromatic heterocycles.